The average molecular weight is 215 g/mol. The summed E-state index contributed by atoms with van der Waals surface area (Å²) in [5.74, 6) is -2.39. The summed E-state index contributed by atoms with van der Waals surface area (Å²) < 4.78 is 1.21. The van der Waals surface area contributed by atoms with E-state index in [1.807, 2.05) is 0 Å². The molecule has 0 bridgehead atoms. The van der Waals surface area contributed by atoms with Gasteiger partial charge in [0.2, 0.25) is 5.95 Å². The topological polar surface area (TPSA) is 130 Å². The highest BCUT2D eigenvalue weighted by Crippen LogP contribution is 2.03. The Balaban J connectivity index is 2.71. The number of hydrogen-bond acceptors (Lipinski definition) is 6. The summed E-state index contributed by atoms with van der Waals surface area (Å²) >= 11 is 0. The van der Waals surface area contributed by atoms with E-state index < -0.39 is 24.4 Å². The van der Waals surface area contributed by atoms with E-state index in [1.165, 1.54) is 11.7 Å². The number of aromatic nitrogens is 4. The van der Waals surface area contributed by atoms with Crippen LogP contribution in [0.5, 0.6) is 0 Å². The molecule has 0 spiro atoms. The molecule has 1 heterocycles. The Kier molecular flexibility index (Phi) is 3.16. The van der Waals surface area contributed by atoms with Gasteiger partial charge in [-0.25, -0.2) is 9.48 Å². The van der Waals surface area contributed by atoms with E-state index in [-0.39, 0.29) is 5.95 Å². The summed E-state index contributed by atoms with van der Waals surface area (Å²) in [5.41, 5.74) is 0. The zero-order chi connectivity index (χ0) is 11.4. The third kappa shape index (κ3) is 2.90. The molecule has 0 aromatic carbocycles. The molecule has 9 heteroatoms. The van der Waals surface area contributed by atoms with Crippen molar-refractivity contribution in [1.82, 2.24) is 20.2 Å². The van der Waals surface area contributed by atoms with Gasteiger partial charge in [0.05, 0.1) is 6.42 Å². The van der Waals surface area contributed by atoms with E-state index >= 15 is 0 Å². The smallest absolute Gasteiger partial charge is 0.326 e. The molecule has 1 aromatic heterocycles. The Morgan fingerprint density at radius 2 is 2.20 bits per heavy atom. The van der Waals surface area contributed by atoms with Gasteiger partial charge in [-0.3, -0.25) is 4.79 Å². The van der Waals surface area contributed by atoms with Crippen molar-refractivity contribution in [2.24, 2.45) is 7.05 Å². The van der Waals surface area contributed by atoms with Crippen LogP contribution in [0.2, 0.25) is 0 Å². The minimum atomic E-state index is -1.28. The standard InChI is InChI=1S/C6H9N5O4/c1-11-6(8-9-10-11)7-3(5(14)15)2-4(12)13/h3H,2H2,1H3,(H,12,13)(H,14,15)(H,7,8,10). The quantitative estimate of drug-likeness (QED) is 0.543. The van der Waals surface area contributed by atoms with Gasteiger partial charge in [0.25, 0.3) is 0 Å². The fraction of sp³-hybridized carbons (Fsp3) is 0.500. The van der Waals surface area contributed by atoms with Gasteiger partial charge in [-0.2, -0.15) is 0 Å². The van der Waals surface area contributed by atoms with Crippen LogP contribution in [0.15, 0.2) is 0 Å². The first kappa shape index (κ1) is 10.9. The molecule has 0 aliphatic rings. The Labute approximate surface area is 83.7 Å². The zero-order valence-corrected chi connectivity index (χ0v) is 7.78. The minimum absolute atomic E-state index is 0.101. The van der Waals surface area contributed by atoms with Crippen molar-refractivity contribution in [3.8, 4) is 0 Å². The van der Waals surface area contributed by atoms with Crippen molar-refractivity contribution < 1.29 is 19.8 Å². The predicted octanol–water partition coefficient (Wildman–Crippen LogP) is -1.45. The van der Waals surface area contributed by atoms with Gasteiger partial charge in [-0.1, -0.05) is 5.10 Å². The second kappa shape index (κ2) is 4.35. The molecular formula is C6H9N5O4. The lowest BCUT2D eigenvalue weighted by Crippen LogP contribution is -2.32. The molecule has 0 aliphatic heterocycles. The van der Waals surface area contributed by atoms with Gasteiger partial charge in [-0.05, 0) is 10.4 Å². The molecule has 82 valence electrons. The zero-order valence-electron chi connectivity index (χ0n) is 7.78. The molecule has 0 saturated carbocycles. The predicted molar refractivity (Wildman–Crippen MR) is 46.1 cm³/mol. The Morgan fingerprint density at radius 3 is 2.60 bits per heavy atom. The largest absolute Gasteiger partial charge is 0.481 e. The van der Waals surface area contributed by atoms with Crippen LogP contribution in [0.1, 0.15) is 6.42 Å². The molecule has 1 aromatic rings. The molecule has 0 saturated heterocycles. The number of carboxylic acid groups (broad SMARTS) is 2. The fourth-order valence-electron chi connectivity index (χ4n) is 0.882. The van der Waals surface area contributed by atoms with Gasteiger partial charge in [-0.15, -0.1) is 0 Å². The van der Waals surface area contributed by atoms with Crippen LogP contribution < -0.4 is 5.32 Å². The number of aryl methyl sites for hydroxylation is 1. The third-order valence-electron chi connectivity index (χ3n) is 1.60. The van der Waals surface area contributed by atoms with Crippen LogP contribution in [0, 0.1) is 0 Å². The number of anilines is 1. The maximum absolute atomic E-state index is 10.7. The van der Waals surface area contributed by atoms with E-state index in [0.717, 1.165) is 0 Å². The normalized spacial score (nSPS) is 12.1. The van der Waals surface area contributed by atoms with E-state index in [2.05, 4.69) is 20.8 Å². The summed E-state index contributed by atoms with van der Waals surface area (Å²) in [7, 11) is 1.50. The lowest BCUT2D eigenvalue weighted by atomic mass is 10.2. The molecule has 0 amide bonds. The molecule has 0 radical (unpaired) electrons. The van der Waals surface area contributed by atoms with Gasteiger partial charge in [0.1, 0.15) is 6.04 Å². The highest BCUT2D eigenvalue weighted by Gasteiger charge is 2.22. The summed E-state index contributed by atoms with van der Waals surface area (Å²) in [6.07, 6.45) is -0.553. The number of nitrogens with zero attached hydrogens (tertiary/aromatic N) is 4. The first-order chi connectivity index (χ1) is 7.00. The van der Waals surface area contributed by atoms with Crippen molar-refractivity contribution in [3.63, 3.8) is 0 Å². The molecule has 0 aliphatic carbocycles. The van der Waals surface area contributed by atoms with Crippen molar-refractivity contribution >= 4 is 17.9 Å². The lowest BCUT2D eigenvalue weighted by Gasteiger charge is -2.11. The molecule has 1 unspecified atom stereocenters. The van der Waals surface area contributed by atoms with Crippen molar-refractivity contribution in [2.45, 2.75) is 12.5 Å². The molecule has 1 atom stereocenters. The van der Waals surface area contributed by atoms with E-state index in [9.17, 15) is 9.59 Å². The Hall–Kier alpha value is -2.19. The van der Waals surface area contributed by atoms with Crippen LogP contribution in [-0.4, -0.2) is 48.4 Å². The SMILES string of the molecule is Cn1nnnc1NC(CC(=O)O)C(=O)O. The Morgan fingerprint density at radius 1 is 1.53 bits per heavy atom. The number of carbonyl (C=O) groups is 2. The fourth-order valence-corrected chi connectivity index (χ4v) is 0.882. The van der Waals surface area contributed by atoms with E-state index in [0.29, 0.717) is 0 Å². The number of tetrazole rings is 1. The summed E-state index contributed by atoms with van der Waals surface area (Å²) in [5, 5.41) is 29.8. The first-order valence-corrected chi connectivity index (χ1v) is 3.94. The van der Waals surface area contributed by atoms with E-state index in [4.69, 9.17) is 10.2 Å². The van der Waals surface area contributed by atoms with Gasteiger partial charge >= 0.3 is 11.9 Å². The summed E-state index contributed by atoms with van der Waals surface area (Å²) in [6, 6.07) is -1.26. The van der Waals surface area contributed by atoms with Gasteiger partial charge in [0.15, 0.2) is 0 Å². The maximum Gasteiger partial charge on any atom is 0.326 e. The number of hydrogen-bond donors (Lipinski definition) is 3. The number of carboxylic acids is 2. The van der Waals surface area contributed by atoms with Crippen molar-refractivity contribution in [1.29, 1.82) is 0 Å². The molecular weight excluding hydrogens is 206 g/mol. The lowest BCUT2D eigenvalue weighted by molar-refractivity contribution is -0.144. The number of aliphatic carboxylic acids is 2. The van der Waals surface area contributed by atoms with E-state index in [1.54, 1.807) is 0 Å². The molecule has 1 rings (SSSR count). The second-order valence-corrected chi connectivity index (χ2v) is 2.76. The van der Waals surface area contributed by atoms with Crippen LogP contribution in [-0.2, 0) is 16.6 Å². The Bertz CT molecular complexity index is 375. The maximum atomic E-state index is 10.7. The van der Waals surface area contributed by atoms with Crippen molar-refractivity contribution in [2.75, 3.05) is 5.32 Å². The van der Waals surface area contributed by atoms with Crippen LogP contribution >= 0.6 is 0 Å². The third-order valence-corrected chi connectivity index (χ3v) is 1.60. The highest BCUT2D eigenvalue weighted by atomic mass is 16.4. The van der Waals surface area contributed by atoms with Crippen LogP contribution in [0.25, 0.3) is 0 Å². The second-order valence-electron chi connectivity index (χ2n) is 2.76. The number of rotatable bonds is 5. The van der Waals surface area contributed by atoms with Crippen LogP contribution in [0.4, 0.5) is 5.95 Å². The molecule has 9 nitrogen and oxygen atoms in total. The summed E-state index contributed by atoms with van der Waals surface area (Å²) in [4.78, 5) is 21.0. The molecule has 15 heavy (non-hydrogen) atoms. The highest BCUT2D eigenvalue weighted by molar-refractivity contribution is 5.82. The van der Waals surface area contributed by atoms with Crippen molar-refractivity contribution in [3.05, 3.63) is 0 Å². The molecule has 3 N–H and O–H groups in total. The van der Waals surface area contributed by atoms with Gasteiger partial charge in [0, 0.05) is 7.05 Å². The molecule has 0 fully saturated rings. The monoisotopic (exact) mass is 215 g/mol. The first-order valence-electron chi connectivity index (χ1n) is 3.94. The minimum Gasteiger partial charge on any atom is -0.481 e. The van der Waals surface area contributed by atoms with Gasteiger partial charge < -0.3 is 15.5 Å². The van der Waals surface area contributed by atoms with Crippen LogP contribution in [0.3, 0.4) is 0 Å². The average Bonchev–Trinajstić information content (AvgIpc) is 2.50. The number of nitrogens with one attached hydrogen (secondary N) is 1. The summed E-state index contributed by atoms with van der Waals surface area (Å²) in [6.45, 7) is 0.